The van der Waals surface area contributed by atoms with E-state index in [1.165, 1.54) is 11.8 Å². The molecule has 0 bridgehead atoms. The van der Waals surface area contributed by atoms with Crippen LogP contribution in [0.3, 0.4) is 0 Å². The fourth-order valence-corrected chi connectivity index (χ4v) is 3.46. The van der Waals surface area contributed by atoms with Gasteiger partial charge in [0.05, 0.1) is 13.5 Å². The second-order valence-electron chi connectivity index (χ2n) is 6.50. The number of rotatable bonds is 7. The number of amides is 1. The van der Waals surface area contributed by atoms with Crippen LogP contribution in [0.5, 0.6) is 5.75 Å². The van der Waals surface area contributed by atoms with Crippen LogP contribution in [0.1, 0.15) is 29.4 Å². The van der Waals surface area contributed by atoms with E-state index in [1.54, 1.807) is 11.6 Å². The van der Waals surface area contributed by atoms with E-state index in [-0.39, 0.29) is 5.91 Å². The van der Waals surface area contributed by atoms with Gasteiger partial charge in [0.25, 0.3) is 5.78 Å². The molecule has 0 aliphatic rings. The van der Waals surface area contributed by atoms with Crippen molar-refractivity contribution in [3.63, 3.8) is 0 Å². The van der Waals surface area contributed by atoms with Gasteiger partial charge >= 0.3 is 0 Å². The zero-order chi connectivity index (χ0) is 20.3. The molecule has 2 aromatic heterocycles. The van der Waals surface area contributed by atoms with Crippen LogP contribution >= 0.6 is 11.8 Å². The average Bonchev–Trinajstić information content (AvgIpc) is 3.12. The molecule has 7 nitrogen and oxygen atoms in total. The van der Waals surface area contributed by atoms with E-state index in [0.717, 1.165) is 28.3 Å². The maximum absolute atomic E-state index is 13.0. The van der Waals surface area contributed by atoms with Gasteiger partial charge in [0, 0.05) is 30.0 Å². The predicted octanol–water partition coefficient (Wildman–Crippen LogP) is 3.06. The maximum atomic E-state index is 13.0. The summed E-state index contributed by atoms with van der Waals surface area (Å²) in [7, 11) is 1.64. The number of aryl methyl sites for hydroxylation is 2. The lowest BCUT2D eigenvalue weighted by Gasteiger charge is -2.22. The van der Waals surface area contributed by atoms with E-state index in [1.807, 2.05) is 56.2 Å². The topological polar surface area (TPSA) is 72.6 Å². The van der Waals surface area contributed by atoms with E-state index < -0.39 is 0 Å². The molecule has 0 fully saturated rings. The normalized spacial score (nSPS) is 11.0. The summed E-state index contributed by atoms with van der Waals surface area (Å²) in [6.07, 6.45) is 2.22. The van der Waals surface area contributed by atoms with E-state index in [4.69, 9.17) is 4.74 Å². The monoisotopic (exact) mass is 399 g/mol. The number of likely N-dealkylation sites (N-methyl/N-ethyl adjacent to an activating group) is 1. The SMILES string of the molecule is CCN(Cc1ccc(OC)cc1)C(=O)Cc1c(C)nc2nc(SC)nn2c1C. The lowest BCUT2D eigenvalue weighted by molar-refractivity contribution is -0.130. The van der Waals surface area contributed by atoms with Crippen LogP contribution in [0.25, 0.3) is 5.78 Å². The Bertz CT molecular complexity index is 984. The second kappa shape index (κ2) is 8.60. The molecular formula is C20H25N5O2S. The highest BCUT2D eigenvalue weighted by molar-refractivity contribution is 7.98. The molecule has 0 radical (unpaired) electrons. The van der Waals surface area contributed by atoms with Gasteiger partial charge in [-0.3, -0.25) is 4.79 Å². The first-order chi connectivity index (χ1) is 13.5. The number of benzene rings is 1. The Labute approximate surface area is 169 Å². The molecule has 2 heterocycles. The molecule has 148 valence electrons. The van der Waals surface area contributed by atoms with Gasteiger partial charge in [-0.05, 0) is 44.7 Å². The van der Waals surface area contributed by atoms with Crippen molar-refractivity contribution in [2.24, 2.45) is 0 Å². The van der Waals surface area contributed by atoms with Gasteiger partial charge in [-0.15, -0.1) is 5.10 Å². The van der Waals surface area contributed by atoms with E-state index in [0.29, 0.717) is 30.4 Å². The van der Waals surface area contributed by atoms with Gasteiger partial charge in [0.15, 0.2) is 0 Å². The molecule has 28 heavy (non-hydrogen) atoms. The summed E-state index contributed by atoms with van der Waals surface area (Å²) < 4.78 is 6.92. The third-order valence-electron chi connectivity index (χ3n) is 4.81. The van der Waals surface area contributed by atoms with Crippen molar-refractivity contribution in [2.45, 2.75) is 38.9 Å². The number of fused-ring (bicyclic) bond motifs is 1. The van der Waals surface area contributed by atoms with Crippen molar-refractivity contribution in [2.75, 3.05) is 19.9 Å². The minimum absolute atomic E-state index is 0.0656. The number of carbonyl (C=O) groups excluding carboxylic acids is 1. The summed E-state index contributed by atoms with van der Waals surface area (Å²) in [6, 6.07) is 7.79. The molecule has 0 aliphatic carbocycles. The summed E-state index contributed by atoms with van der Waals surface area (Å²) in [5, 5.41) is 5.13. The van der Waals surface area contributed by atoms with Crippen molar-refractivity contribution in [1.82, 2.24) is 24.5 Å². The number of hydrogen-bond donors (Lipinski definition) is 0. The molecule has 8 heteroatoms. The number of thioether (sulfide) groups is 1. The van der Waals surface area contributed by atoms with Crippen LogP contribution in [0.4, 0.5) is 0 Å². The van der Waals surface area contributed by atoms with E-state index >= 15 is 0 Å². The van der Waals surface area contributed by atoms with Crippen molar-refractivity contribution >= 4 is 23.4 Å². The Balaban J connectivity index is 1.81. The first-order valence-electron chi connectivity index (χ1n) is 9.14. The van der Waals surface area contributed by atoms with Crippen molar-refractivity contribution in [3.8, 4) is 5.75 Å². The molecule has 1 aromatic carbocycles. The highest BCUT2D eigenvalue weighted by atomic mass is 32.2. The zero-order valence-corrected chi connectivity index (χ0v) is 17.7. The molecule has 3 aromatic rings. The van der Waals surface area contributed by atoms with Gasteiger partial charge in [-0.2, -0.15) is 4.98 Å². The van der Waals surface area contributed by atoms with Crippen LogP contribution in [-0.4, -0.2) is 50.3 Å². The van der Waals surface area contributed by atoms with Crippen molar-refractivity contribution < 1.29 is 9.53 Å². The number of carbonyl (C=O) groups is 1. The van der Waals surface area contributed by atoms with Crippen LogP contribution in [0.2, 0.25) is 0 Å². The zero-order valence-electron chi connectivity index (χ0n) is 16.9. The molecule has 0 N–H and O–H groups in total. The Morgan fingerprint density at radius 2 is 1.93 bits per heavy atom. The largest absolute Gasteiger partial charge is 0.497 e. The Kier molecular flexibility index (Phi) is 6.18. The molecule has 0 spiro atoms. The smallest absolute Gasteiger partial charge is 0.253 e. The van der Waals surface area contributed by atoms with Crippen LogP contribution in [0, 0.1) is 13.8 Å². The number of aromatic nitrogens is 4. The molecule has 0 aliphatic heterocycles. The number of methoxy groups -OCH3 is 1. The molecule has 0 atom stereocenters. The minimum atomic E-state index is 0.0656. The van der Waals surface area contributed by atoms with Crippen LogP contribution < -0.4 is 4.74 Å². The molecule has 0 unspecified atom stereocenters. The highest BCUT2D eigenvalue weighted by Crippen LogP contribution is 2.19. The summed E-state index contributed by atoms with van der Waals surface area (Å²) in [6.45, 7) is 7.07. The predicted molar refractivity (Wildman–Crippen MR) is 110 cm³/mol. The summed E-state index contributed by atoms with van der Waals surface area (Å²) >= 11 is 1.47. The van der Waals surface area contributed by atoms with E-state index in [9.17, 15) is 4.79 Å². The fourth-order valence-electron chi connectivity index (χ4n) is 3.12. The summed E-state index contributed by atoms with van der Waals surface area (Å²) in [4.78, 5) is 23.8. The minimum Gasteiger partial charge on any atom is -0.497 e. The quantitative estimate of drug-likeness (QED) is 0.569. The molecule has 3 rings (SSSR count). The average molecular weight is 400 g/mol. The van der Waals surface area contributed by atoms with Gasteiger partial charge < -0.3 is 9.64 Å². The Hall–Kier alpha value is -2.61. The van der Waals surface area contributed by atoms with Crippen molar-refractivity contribution in [1.29, 1.82) is 0 Å². The summed E-state index contributed by atoms with van der Waals surface area (Å²) in [5.41, 5.74) is 3.70. The Morgan fingerprint density at radius 3 is 2.54 bits per heavy atom. The van der Waals surface area contributed by atoms with Crippen LogP contribution in [-0.2, 0) is 17.8 Å². The van der Waals surface area contributed by atoms with Gasteiger partial charge in [-0.25, -0.2) is 9.50 Å². The number of ether oxygens (including phenoxy) is 1. The third kappa shape index (κ3) is 4.11. The Morgan fingerprint density at radius 1 is 1.21 bits per heavy atom. The maximum Gasteiger partial charge on any atom is 0.253 e. The number of nitrogens with zero attached hydrogens (tertiary/aromatic N) is 5. The van der Waals surface area contributed by atoms with Crippen LogP contribution in [0.15, 0.2) is 29.4 Å². The third-order valence-corrected chi connectivity index (χ3v) is 5.35. The van der Waals surface area contributed by atoms with Crippen molar-refractivity contribution in [3.05, 3.63) is 46.8 Å². The second-order valence-corrected chi connectivity index (χ2v) is 7.28. The lowest BCUT2D eigenvalue weighted by Crippen LogP contribution is -2.32. The van der Waals surface area contributed by atoms with Gasteiger partial charge in [0.1, 0.15) is 5.75 Å². The lowest BCUT2D eigenvalue weighted by atomic mass is 10.1. The first kappa shape index (κ1) is 20.1. The van der Waals surface area contributed by atoms with Gasteiger partial charge in [0.2, 0.25) is 11.1 Å². The molecular weight excluding hydrogens is 374 g/mol. The van der Waals surface area contributed by atoms with E-state index in [2.05, 4.69) is 15.1 Å². The molecule has 0 saturated carbocycles. The van der Waals surface area contributed by atoms with Gasteiger partial charge in [-0.1, -0.05) is 23.9 Å². The number of hydrogen-bond acceptors (Lipinski definition) is 6. The fraction of sp³-hybridized carbons (Fsp3) is 0.400. The first-order valence-corrected chi connectivity index (χ1v) is 10.4. The summed E-state index contributed by atoms with van der Waals surface area (Å²) in [5.74, 6) is 1.44. The standard InChI is InChI=1S/C20H25N5O2S/c1-6-24(12-15-7-9-16(27-4)10-8-15)18(26)11-17-13(2)21-19-22-20(28-5)23-25(19)14(17)3/h7-10H,6,11-12H2,1-5H3. The highest BCUT2D eigenvalue weighted by Gasteiger charge is 2.19. The molecule has 0 saturated heterocycles. The molecule has 1 amide bonds.